The molecule has 3 heterocycles. The number of pyridine rings is 1. The summed E-state index contributed by atoms with van der Waals surface area (Å²) in [6.45, 7) is 3.21. The van der Waals surface area contributed by atoms with Crippen LogP contribution in [0.2, 0.25) is 10.0 Å². The molecule has 0 atom stereocenters. The number of piperazine rings is 1. The van der Waals surface area contributed by atoms with Crippen LogP contribution < -0.4 is 4.90 Å². The highest BCUT2D eigenvalue weighted by Crippen LogP contribution is 2.21. The molecule has 1 saturated heterocycles. The minimum atomic E-state index is 0.117. The van der Waals surface area contributed by atoms with Crippen LogP contribution in [-0.2, 0) is 11.3 Å². The molecule has 0 bridgehead atoms. The van der Waals surface area contributed by atoms with Crippen molar-refractivity contribution in [2.24, 2.45) is 0 Å². The predicted octanol–water partition coefficient (Wildman–Crippen LogP) is 3.69. The van der Waals surface area contributed by atoms with Crippen molar-refractivity contribution < 1.29 is 4.79 Å². The fourth-order valence-corrected chi connectivity index (χ4v) is 3.56. The monoisotopic (exact) mass is 388 g/mol. The fraction of sp³-hybridized carbons (Fsp3) is 0.263. The zero-order valence-corrected chi connectivity index (χ0v) is 15.6. The maximum atomic E-state index is 12.7. The normalized spacial score (nSPS) is 14.8. The van der Waals surface area contributed by atoms with Crippen LogP contribution in [-0.4, -0.2) is 46.5 Å². The SMILES string of the molecule is O=C(Cn1ccc2ccc(Cl)cc21)N1CCN(c2ccc(Cl)cn2)CC1. The molecule has 134 valence electrons. The summed E-state index contributed by atoms with van der Waals surface area (Å²) in [5.74, 6) is 1.01. The number of rotatable bonds is 3. The number of carbonyl (C=O) groups excluding carboxylic acids is 1. The lowest BCUT2D eigenvalue weighted by Crippen LogP contribution is -2.49. The highest BCUT2D eigenvalue weighted by Gasteiger charge is 2.22. The van der Waals surface area contributed by atoms with E-state index in [0.717, 1.165) is 29.8 Å². The maximum Gasteiger partial charge on any atom is 0.242 e. The van der Waals surface area contributed by atoms with Gasteiger partial charge < -0.3 is 14.4 Å². The van der Waals surface area contributed by atoms with Gasteiger partial charge >= 0.3 is 0 Å². The third-order valence-electron chi connectivity index (χ3n) is 4.71. The van der Waals surface area contributed by atoms with E-state index in [2.05, 4.69) is 9.88 Å². The van der Waals surface area contributed by atoms with E-state index in [1.807, 2.05) is 52.1 Å². The summed E-state index contributed by atoms with van der Waals surface area (Å²) in [6, 6.07) is 11.5. The van der Waals surface area contributed by atoms with Crippen molar-refractivity contribution in [1.29, 1.82) is 0 Å². The number of nitrogens with zero attached hydrogens (tertiary/aromatic N) is 4. The second kappa shape index (κ2) is 7.17. The summed E-state index contributed by atoms with van der Waals surface area (Å²) >= 11 is 12.0. The van der Waals surface area contributed by atoms with Gasteiger partial charge in [0.1, 0.15) is 12.4 Å². The molecule has 0 N–H and O–H groups in total. The van der Waals surface area contributed by atoms with Crippen molar-refractivity contribution in [2.45, 2.75) is 6.54 Å². The Bertz CT molecular complexity index is 930. The van der Waals surface area contributed by atoms with Gasteiger partial charge in [0.25, 0.3) is 0 Å². The van der Waals surface area contributed by atoms with Crippen LogP contribution >= 0.6 is 23.2 Å². The standard InChI is InChI=1S/C19H18Cl2N4O/c20-15-2-1-14-5-6-25(17(14)11-15)13-19(26)24-9-7-23(8-10-24)18-4-3-16(21)12-22-18/h1-6,11-12H,7-10,13H2. The number of fused-ring (bicyclic) bond motifs is 1. The van der Waals surface area contributed by atoms with Gasteiger partial charge in [-0.05, 0) is 35.7 Å². The zero-order valence-electron chi connectivity index (χ0n) is 14.1. The van der Waals surface area contributed by atoms with Crippen molar-refractivity contribution in [1.82, 2.24) is 14.5 Å². The molecule has 1 fully saturated rings. The van der Waals surface area contributed by atoms with Crippen LogP contribution in [0.25, 0.3) is 10.9 Å². The molecule has 0 aliphatic carbocycles. The largest absolute Gasteiger partial charge is 0.353 e. The van der Waals surface area contributed by atoms with E-state index in [1.54, 1.807) is 6.20 Å². The summed E-state index contributed by atoms with van der Waals surface area (Å²) in [5.41, 5.74) is 0.981. The Morgan fingerprint density at radius 2 is 1.77 bits per heavy atom. The van der Waals surface area contributed by atoms with Gasteiger partial charge in [0.15, 0.2) is 0 Å². The maximum absolute atomic E-state index is 12.7. The van der Waals surface area contributed by atoms with E-state index in [4.69, 9.17) is 23.2 Å². The van der Waals surface area contributed by atoms with E-state index in [1.165, 1.54) is 0 Å². The van der Waals surface area contributed by atoms with Crippen molar-refractivity contribution in [3.63, 3.8) is 0 Å². The van der Waals surface area contributed by atoms with E-state index < -0.39 is 0 Å². The highest BCUT2D eigenvalue weighted by atomic mass is 35.5. The van der Waals surface area contributed by atoms with Crippen LogP contribution in [0.4, 0.5) is 5.82 Å². The van der Waals surface area contributed by atoms with Crippen molar-refractivity contribution in [3.8, 4) is 0 Å². The smallest absolute Gasteiger partial charge is 0.242 e. The highest BCUT2D eigenvalue weighted by molar-refractivity contribution is 6.31. The minimum absolute atomic E-state index is 0.117. The van der Waals surface area contributed by atoms with Crippen molar-refractivity contribution in [2.75, 3.05) is 31.1 Å². The van der Waals surface area contributed by atoms with Gasteiger partial charge in [-0.2, -0.15) is 0 Å². The van der Waals surface area contributed by atoms with E-state index in [9.17, 15) is 4.79 Å². The molecule has 1 aliphatic heterocycles. The Labute approximate surface area is 161 Å². The third-order valence-corrected chi connectivity index (χ3v) is 5.17. The summed E-state index contributed by atoms with van der Waals surface area (Å²) in [4.78, 5) is 21.1. The van der Waals surface area contributed by atoms with E-state index in [0.29, 0.717) is 29.7 Å². The van der Waals surface area contributed by atoms with Gasteiger partial charge in [-0.1, -0.05) is 29.3 Å². The van der Waals surface area contributed by atoms with Gasteiger partial charge in [-0.15, -0.1) is 0 Å². The number of carbonyl (C=O) groups is 1. The minimum Gasteiger partial charge on any atom is -0.353 e. The molecular weight excluding hydrogens is 371 g/mol. The van der Waals surface area contributed by atoms with Gasteiger partial charge in [0.2, 0.25) is 5.91 Å². The van der Waals surface area contributed by atoms with Crippen LogP contribution in [0.15, 0.2) is 48.8 Å². The molecule has 7 heteroatoms. The Kier molecular flexibility index (Phi) is 4.74. The lowest BCUT2D eigenvalue weighted by Gasteiger charge is -2.35. The molecule has 1 aliphatic rings. The number of aromatic nitrogens is 2. The van der Waals surface area contributed by atoms with E-state index in [-0.39, 0.29) is 5.91 Å². The predicted molar refractivity (Wildman–Crippen MR) is 105 cm³/mol. The fourth-order valence-electron chi connectivity index (χ4n) is 3.28. The number of halogens is 2. The molecule has 1 amide bonds. The first-order chi connectivity index (χ1) is 12.6. The number of benzene rings is 1. The van der Waals surface area contributed by atoms with Crippen molar-refractivity contribution >= 4 is 45.8 Å². The zero-order chi connectivity index (χ0) is 18.1. The average molecular weight is 389 g/mol. The molecular formula is C19H18Cl2N4O. The molecule has 2 aromatic heterocycles. The first-order valence-corrected chi connectivity index (χ1v) is 9.24. The summed E-state index contributed by atoms with van der Waals surface area (Å²) < 4.78 is 1.96. The molecule has 0 spiro atoms. The van der Waals surface area contributed by atoms with Crippen molar-refractivity contribution in [3.05, 3.63) is 58.8 Å². The lowest BCUT2D eigenvalue weighted by molar-refractivity contribution is -0.132. The summed E-state index contributed by atoms with van der Waals surface area (Å²) in [7, 11) is 0. The summed E-state index contributed by atoms with van der Waals surface area (Å²) in [5, 5.41) is 2.39. The Morgan fingerprint density at radius 3 is 2.50 bits per heavy atom. The lowest BCUT2D eigenvalue weighted by atomic mass is 10.2. The van der Waals surface area contributed by atoms with Gasteiger partial charge in [-0.25, -0.2) is 4.98 Å². The second-order valence-electron chi connectivity index (χ2n) is 6.35. The number of amides is 1. The first kappa shape index (κ1) is 17.2. The van der Waals surface area contributed by atoms with Crippen LogP contribution in [0.3, 0.4) is 0 Å². The molecule has 0 radical (unpaired) electrons. The Morgan fingerprint density at radius 1 is 1.00 bits per heavy atom. The van der Waals surface area contributed by atoms with E-state index >= 15 is 0 Å². The van der Waals surface area contributed by atoms with Gasteiger partial charge in [-0.3, -0.25) is 4.79 Å². The Hall–Kier alpha value is -2.24. The molecule has 3 aromatic rings. The number of anilines is 1. The van der Waals surface area contributed by atoms with Crippen LogP contribution in [0.5, 0.6) is 0 Å². The topological polar surface area (TPSA) is 41.4 Å². The van der Waals surface area contributed by atoms with Crippen LogP contribution in [0.1, 0.15) is 0 Å². The quantitative estimate of drug-likeness (QED) is 0.686. The second-order valence-corrected chi connectivity index (χ2v) is 7.22. The Balaban J connectivity index is 1.40. The first-order valence-electron chi connectivity index (χ1n) is 8.49. The molecule has 0 unspecified atom stereocenters. The van der Waals surface area contributed by atoms with Gasteiger partial charge in [0.05, 0.1) is 5.02 Å². The molecule has 26 heavy (non-hydrogen) atoms. The number of hydrogen-bond donors (Lipinski definition) is 0. The molecule has 4 rings (SSSR count). The average Bonchev–Trinajstić information content (AvgIpc) is 3.04. The molecule has 5 nitrogen and oxygen atoms in total. The van der Waals surface area contributed by atoms with Gasteiger partial charge in [0, 0.05) is 49.1 Å². The summed E-state index contributed by atoms with van der Waals surface area (Å²) in [6.07, 6.45) is 3.59. The number of hydrogen-bond acceptors (Lipinski definition) is 3. The molecule has 0 saturated carbocycles. The molecule has 1 aromatic carbocycles. The third kappa shape index (κ3) is 3.50. The van der Waals surface area contributed by atoms with Crippen LogP contribution in [0, 0.1) is 0 Å².